The van der Waals surface area contributed by atoms with Crippen molar-refractivity contribution < 1.29 is 19.1 Å². The highest BCUT2D eigenvalue weighted by atomic mass is 19.1. The molecule has 2 aromatic rings. The van der Waals surface area contributed by atoms with E-state index in [4.69, 9.17) is 0 Å². The van der Waals surface area contributed by atoms with Gasteiger partial charge in [0.15, 0.2) is 5.69 Å². The van der Waals surface area contributed by atoms with Gasteiger partial charge >= 0.3 is 5.97 Å². The van der Waals surface area contributed by atoms with Gasteiger partial charge in [-0.15, -0.1) is 0 Å². The number of carboxylic acids is 1. The highest BCUT2D eigenvalue weighted by Gasteiger charge is 2.47. The molecular formula is C22H24FN3O3. The molecular weight excluding hydrogens is 373 g/mol. The fraction of sp³-hybridized carbons (Fsp3) is 0.500. The maximum atomic E-state index is 13.8. The number of aliphatic carboxylic acids is 1. The SMILES string of the molecule is O=C(O)[C@H]1CN(C(=O)c2nn(-c3cccc(F)c3)c3c2CCCC3)C[C@@H]1C1CC1. The summed E-state index contributed by atoms with van der Waals surface area (Å²) in [5, 5.41) is 14.2. The fourth-order valence-electron chi connectivity index (χ4n) is 5.00. The van der Waals surface area contributed by atoms with Crippen LogP contribution in [0.4, 0.5) is 4.39 Å². The predicted octanol–water partition coefficient (Wildman–Crippen LogP) is 3.07. The first-order valence-electron chi connectivity index (χ1n) is 10.4. The Morgan fingerprint density at radius 1 is 1.14 bits per heavy atom. The number of benzene rings is 1. The molecule has 7 heteroatoms. The van der Waals surface area contributed by atoms with Gasteiger partial charge in [-0.2, -0.15) is 5.10 Å². The summed E-state index contributed by atoms with van der Waals surface area (Å²) in [5.41, 5.74) is 2.93. The van der Waals surface area contributed by atoms with E-state index in [9.17, 15) is 19.1 Å². The Labute approximate surface area is 168 Å². The molecule has 1 amide bonds. The summed E-state index contributed by atoms with van der Waals surface area (Å²) in [6.07, 6.45) is 5.68. The number of carboxylic acid groups (broad SMARTS) is 1. The van der Waals surface area contributed by atoms with Crippen molar-refractivity contribution in [2.24, 2.45) is 17.8 Å². The number of halogens is 1. The second-order valence-electron chi connectivity index (χ2n) is 8.53. The van der Waals surface area contributed by atoms with Crippen LogP contribution in [0.1, 0.15) is 47.4 Å². The number of carbonyl (C=O) groups is 2. The fourth-order valence-corrected chi connectivity index (χ4v) is 5.00. The van der Waals surface area contributed by atoms with E-state index in [2.05, 4.69) is 5.10 Å². The van der Waals surface area contributed by atoms with Gasteiger partial charge in [-0.3, -0.25) is 9.59 Å². The Morgan fingerprint density at radius 3 is 2.66 bits per heavy atom. The van der Waals surface area contributed by atoms with Gasteiger partial charge in [0.2, 0.25) is 0 Å². The van der Waals surface area contributed by atoms with Crippen molar-refractivity contribution in [3.8, 4) is 5.69 Å². The largest absolute Gasteiger partial charge is 0.481 e. The summed E-state index contributed by atoms with van der Waals surface area (Å²) < 4.78 is 15.5. The quantitative estimate of drug-likeness (QED) is 0.860. The summed E-state index contributed by atoms with van der Waals surface area (Å²) in [6.45, 7) is 0.735. The third-order valence-corrected chi connectivity index (χ3v) is 6.63. The maximum absolute atomic E-state index is 13.8. The molecule has 5 rings (SSSR count). The zero-order chi connectivity index (χ0) is 20.1. The molecule has 1 aromatic heterocycles. The molecule has 0 radical (unpaired) electrons. The molecule has 2 fully saturated rings. The average Bonchev–Trinajstić information content (AvgIpc) is 3.34. The number of aromatic nitrogens is 2. The number of amides is 1. The van der Waals surface area contributed by atoms with Crippen molar-refractivity contribution in [3.63, 3.8) is 0 Å². The molecule has 29 heavy (non-hydrogen) atoms. The molecule has 3 aliphatic rings. The van der Waals surface area contributed by atoms with Crippen LogP contribution in [0, 0.1) is 23.6 Å². The Kier molecular flexibility index (Phi) is 4.41. The summed E-state index contributed by atoms with van der Waals surface area (Å²) in [6, 6.07) is 6.25. The second kappa shape index (κ2) is 6.97. The molecule has 2 aliphatic carbocycles. The predicted molar refractivity (Wildman–Crippen MR) is 103 cm³/mol. The normalized spacial score (nSPS) is 23.8. The molecule has 2 atom stereocenters. The summed E-state index contributed by atoms with van der Waals surface area (Å²) in [7, 11) is 0. The van der Waals surface area contributed by atoms with Crippen LogP contribution in [0.3, 0.4) is 0 Å². The van der Waals surface area contributed by atoms with Gasteiger partial charge < -0.3 is 10.0 Å². The first-order valence-corrected chi connectivity index (χ1v) is 10.4. The van der Waals surface area contributed by atoms with Gasteiger partial charge in [0, 0.05) is 24.3 Å². The summed E-state index contributed by atoms with van der Waals surface area (Å²) >= 11 is 0. The second-order valence-corrected chi connectivity index (χ2v) is 8.53. The van der Waals surface area contributed by atoms with Crippen LogP contribution in [-0.4, -0.2) is 44.8 Å². The van der Waals surface area contributed by atoms with Crippen molar-refractivity contribution in [1.82, 2.24) is 14.7 Å². The number of rotatable bonds is 4. The first-order chi connectivity index (χ1) is 14.0. The van der Waals surface area contributed by atoms with Crippen LogP contribution >= 0.6 is 0 Å². The van der Waals surface area contributed by atoms with E-state index in [1.54, 1.807) is 21.7 Å². The van der Waals surface area contributed by atoms with Crippen molar-refractivity contribution in [1.29, 1.82) is 0 Å². The van der Waals surface area contributed by atoms with Gasteiger partial charge in [-0.05, 0) is 68.6 Å². The zero-order valence-electron chi connectivity index (χ0n) is 16.2. The standard InChI is InChI=1S/C22H24FN3O3/c23-14-4-3-5-15(10-14)26-19-7-2-1-6-16(19)20(24-26)21(27)25-11-17(13-8-9-13)18(12-25)22(28)29/h3-5,10,13,17-18H,1-2,6-9,11-12H2,(H,28,29)/t17-,18+/m1/s1. The monoisotopic (exact) mass is 397 g/mol. The minimum absolute atomic E-state index is 0.0394. The van der Waals surface area contributed by atoms with E-state index in [1.165, 1.54) is 12.1 Å². The summed E-state index contributed by atoms with van der Waals surface area (Å²) in [4.78, 5) is 26.8. The third-order valence-electron chi connectivity index (χ3n) is 6.63. The highest BCUT2D eigenvalue weighted by molar-refractivity contribution is 5.95. The number of hydrogen-bond donors (Lipinski definition) is 1. The van der Waals surface area contributed by atoms with E-state index in [0.717, 1.165) is 49.8 Å². The molecule has 1 aromatic carbocycles. The topological polar surface area (TPSA) is 75.4 Å². The lowest BCUT2D eigenvalue weighted by Gasteiger charge is -2.17. The molecule has 0 spiro atoms. The molecule has 0 bridgehead atoms. The van der Waals surface area contributed by atoms with Crippen LogP contribution in [0.5, 0.6) is 0 Å². The van der Waals surface area contributed by atoms with Crippen molar-refractivity contribution in [2.75, 3.05) is 13.1 Å². The minimum atomic E-state index is -0.815. The smallest absolute Gasteiger partial charge is 0.308 e. The van der Waals surface area contributed by atoms with Crippen molar-refractivity contribution >= 4 is 11.9 Å². The average molecular weight is 397 g/mol. The molecule has 1 aliphatic heterocycles. The first kappa shape index (κ1) is 18.3. The summed E-state index contributed by atoms with van der Waals surface area (Å²) in [5.74, 6) is -1.37. The van der Waals surface area contributed by atoms with Gasteiger partial charge in [0.05, 0.1) is 11.6 Å². The Hall–Kier alpha value is -2.70. The molecule has 6 nitrogen and oxygen atoms in total. The van der Waals surface area contributed by atoms with E-state index in [1.807, 2.05) is 0 Å². The van der Waals surface area contributed by atoms with E-state index >= 15 is 0 Å². The van der Waals surface area contributed by atoms with Crippen LogP contribution < -0.4 is 0 Å². The molecule has 0 unspecified atom stereocenters. The van der Waals surface area contributed by atoms with Gasteiger partial charge in [0.25, 0.3) is 5.91 Å². The van der Waals surface area contributed by atoms with Gasteiger partial charge in [-0.25, -0.2) is 9.07 Å². The molecule has 2 heterocycles. The number of carbonyl (C=O) groups excluding carboxylic acids is 1. The molecule has 152 valence electrons. The minimum Gasteiger partial charge on any atom is -0.481 e. The maximum Gasteiger partial charge on any atom is 0.308 e. The lowest BCUT2D eigenvalue weighted by Crippen LogP contribution is -2.31. The van der Waals surface area contributed by atoms with Gasteiger partial charge in [-0.1, -0.05) is 6.07 Å². The lowest BCUT2D eigenvalue weighted by molar-refractivity contribution is -0.142. The van der Waals surface area contributed by atoms with Crippen LogP contribution in [0.25, 0.3) is 5.69 Å². The Morgan fingerprint density at radius 2 is 1.93 bits per heavy atom. The molecule has 1 saturated heterocycles. The van der Waals surface area contributed by atoms with Crippen LogP contribution in [0.2, 0.25) is 0 Å². The Balaban J connectivity index is 1.49. The number of likely N-dealkylation sites (tertiary alicyclic amines) is 1. The van der Waals surface area contributed by atoms with Crippen molar-refractivity contribution in [3.05, 3.63) is 47.0 Å². The van der Waals surface area contributed by atoms with Crippen molar-refractivity contribution in [2.45, 2.75) is 38.5 Å². The molecule has 1 N–H and O–H groups in total. The molecule has 1 saturated carbocycles. The van der Waals surface area contributed by atoms with Crippen LogP contribution in [-0.2, 0) is 17.6 Å². The Bertz CT molecular complexity index is 982. The highest BCUT2D eigenvalue weighted by Crippen LogP contribution is 2.44. The number of fused-ring (bicyclic) bond motifs is 1. The zero-order valence-corrected chi connectivity index (χ0v) is 16.2. The van der Waals surface area contributed by atoms with E-state index in [-0.39, 0.29) is 24.2 Å². The third kappa shape index (κ3) is 3.22. The van der Waals surface area contributed by atoms with Crippen LogP contribution in [0.15, 0.2) is 24.3 Å². The lowest BCUT2D eigenvalue weighted by atomic mass is 9.92. The van der Waals surface area contributed by atoms with E-state index < -0.39 is 11.9 Å². The number of hydrogen-bond acceptors (Lipinski definition) is 3. The number of nitrogens with zero attached hydrogens (tertiary/aromatic N) is 3. The van der Waals surface area contributed by atoms with E-state index in [0.29, 0.717) is 23.8 Å². The van der Waals surface area contributed by atoms with Gasteiger partial charge in [0.1, 0.15) is 5.82 Å².